The lowest BCUT2D eigenvalue weighted by molar-refractivity contribution is -0.140. The number of benzene rings is 2. The van der Waals surface area contributed by atoms with Gasteiger partial charge in [-0.15, -0.1) is 6.58 Å². The summed E-state index contributed by atoms with van der Waals surface area (Å²) in [6, 6.07) is 5.45. The van der Waals surface area contributed by atoms with Crippen LogP contribution in [-0.2, 0) is 12.7 Å². The van der Waals surface area contributed by atoms with Crippen molar-refractivity contribution in [2.45, 2.75) is 33.0 Å². The molecule has 2 heterocycles. The van der Waals surface area contributed by atoms with Gasteiger partial charge in [-0.05, 0) is 42.3 Å². The van der Waals surface area contributed by atoms with E-state index in [4.69, 9.17) is 0 Å². The first-order chi connectivity index (χ1) is 18.2. The van der Waals surface area contributed by atoms with E-state index in [9.17, 15) is 27.2 Å². The summed E-state index contributed by atoms with van der Waals surface area (Å²) in [7, 11) is 0. The maximum Gasteiger partial charge on any atom is 0.419 e. The fraction of sp³-hybridized carbons (Fsp3) is 0.179. The number of hydrazone groups is 1. The van der Waals surface area contributed by atoms with E-state index in [1.807, 2.05) is 32.1 Å². The Labute approximate surface area is 216 Å². The van der Waals surface area contributed by atoms with Crippen LogP contribution in [0.2, 0.25) is 0 Å². The van der Waals surface area contributed by atoms with Gasteiger partial charge in [0.15, 0.2) is 0 Å². The Bertz CT molecular complexity index is 1450. The Kier molecular flexibility index (Phi) is 9.01. The average molecular weight is 527 g/mol. The van der Waals surface area contributed by atoms with Crippen LogP contribution in [-0.4, -0.2) is 23.0 Å². The first kappa shape index (κ1) is 28.1. The van der Waals surface area contributed by atoms with Gasteiger partial charge in [-0.3, -0.25) is 9.59 Å². The number of carbonyl (C=O) groups is 2. The number of aromatic amines is 1. The molecule has 0 bridgehead atoms. The van der Waals surface area contributed by atoms with Crippen LogP contribution in [0.3, 0.4) is 0 Å². The van der Waals surface area contributed by atoms with Crippen LogP contribution in [0.5, 0.6) is 0 Å². The van der Waals surface area contributed by atoms with Crippen molar-refractivity contribution in [2.75, 3.05) is 0 Å². The van der Waals surface area contributed by atoms with Gasteiger partial charge < -0.3 is 10.3 Å². The lowest BCUT2D eigenvalue weighted by atomic mass is 10.0. The molecule has 4 rings (SSSR count). The molecule has 38 heavy (non-hydrogen) atoms. The molecule has 2 aromatic carbocycles. The molecule has 0 aliphatic carbocycles. The SMILES string of the molecule is C=CCC=C/C=C/c1[nH]c2cc(C(=O)NCc3ccc(F)c(C(F)(F)F)c3)cc3c2c1C=NNC3=O.CC. The van der Waals surface area contributed by atoms with Crippen LogP contribution in [0.1, 0.15) is 63.4 Å². The largest absolute Gasteiger partial charge is 0.419 e. The van der Waals surface area contributed by atoms with Crippen LogP contribution in [0.4, 0.5) is 17.6 Å². The number of alkyl halides is 3. The second-order valence-corrected chi connectivity index (χ2v) is 7.90. The summed E-state index contributed by atoms with van der Waals surface area (Å²) in [4.78, 5) is 28.6. The number of carbonyl (C=O) groups excluding carboxylic acids is 2. The Morgan fingerprint density at radius 3 is 2.63 bits per heavy atom. The van der Waals surface area contributed by atoms with Crippen LogP contribution in [0, 0.1) is 5.82 Å². The van der Waals surface area contributed by atoms with Crippen molar-refractivity contribution in [2.24, 2.45) is 5.10 Å². The maximum absolute atomic E-state index is 13.5. The highest BCUT2D eigenvalue weighted by Gasteiger charge is 2.34. The van der Waals surface area contributed by atoms with E-state index in [1.165, 1.54) is 12.3 Å². The van der Waals surface area contributed by atoms with Crippen molar-refractivity contribution >= 4 is 35.0 Å². The molecule has 0 spiro atoms. The second-order valence-electron chi connectivity index (χ2n) is 7.90. The minimum Gasteiger partial charge on any atom is -0.354 e. The molecule has 1 aliphatic heterocycles. The molecule has 0 radical (unpaired) electrons. The lowest BCUT2D eigenvalue weighted by Gasteiger charge is -2.11. The predicted molar refractivity (Wildman–Crippen MR) is 140 cm³/mol. The molecule has 3 N–H and O–H groups in total. The van der Waals surface area contributed by atoms with Gasteiger partial charge in [0.2, 0.25) is 0 Å². The van der Waals surface area contributed by atoms with Gasteiger partial charge >= 0.3 is 6.18 Å². The molecule has 0 atom stereocenters. The summed E-state index contributed by atoms with van der Waals surface area (Å²) in [5.41, 5.74) is 3.21. The third kappa shape index (κ3) is 6.26. The molecule has 1 aromatic heterocycles. The van der Waals surface area contributed by atoms with E-state index in [-0.39, 0.29) is 23.2 Å². The number of aromatic nitrogens is 1. The molecule has 6 nitrogen and oxygen atoms in total. The number of amides is 2. The standard InChI is InChI=1S/C26H20F4N4O2.C2H6/c1-2-3-4-5-6-7-21-18-14-32-34-25(36)17-11-16(12-22(33-21)23(17)18)24(35)31-13-15-8-9-20(27)19(10-15)26(28,29)30;1-2/h2,4-12,14,33H,1,3,13H2,(H,31,35)(H,34,36);1-2H3/b5-4?,7-6+;. The minimum atomic E-state index is -4.86. The zero-order valence-corrected chi connectivity index (χ0v) is 20.7. The molecule has 0 unspecified atom stereocenters. The van der Waals surface area contributed by atoms with Crippen molar-refractivity contribution in [1.29, 1.82) is 0 Å². The number of hydrogen-bond acceptors (Lipinski definition) is 3. The maximum atomic E-state index is 13.5. The number of halogens is 4. The molecule has 0 saturated carbocycles. The number of rotatable bonds is 7. The predicted octanol–water partition coefficient (Wildman–Crippen LogP) is 6.50. The molecular weight excluding hydrogens is 500 g/mol. The molecule has 10 heteroatoms. The van der Waals surface area contributed by atoms with Gasteiger partial charge in [0, 0.05) is 34.3 Å². The Morgan fingerprint density at radius 2 is 1.92 bits per heavy atom. The Balaban J connectivity index is 0.00000195. The molecule has 0 fully saturated rings. The highest BCUT2D eigenvalue weighted by atomic mass is 19.4. The fourth-order valence-corrected chi connectivity index (χ4v) is 3.76. The number of hydrogen-bond donors (Lipinski definition) is 3. The average Bonchev–Trinajstić information content (AvgIpc) is 3.15. The summed E-state index contributed by atoms with van der Waals surface area (Å²) in [5.74, 6) is -2.53. The normalized spacial score (nSPS) is 12.8. The molecule has 0 saturated heterocycles. The fourth-order valence-electron chi connectivity index (χ4n) is 3.76. The molecular formula is C28H26F4N4O2. The van der Waals surface area contributed by atoms with Crippen molar-refractivity contribution < 1.29 is 27.2 Å². The molecule has 3 aromatic rings. The third-order valence-corrected chi connectivity index (χ3v) is 5.44. The first-order valence-electron chi connectivity index (χ1n) is 11.8. The van der Waals surface area contributed by atoms with Crippen molar-refractivity contribution in [3.8, 4) is 0 Å². The zero-order chi connectivity index (χ0) is 27.9. The van der Waals surface area contributed by atoms with Gasteiger partial charge in [0.05, 0.1) is 17.3 Å². The Hall–Kier alpha value is -4.47. The number of H-pyrrole nitrogens is 1. The van der Waals surface area contributed by atoms with Crippen LogP contribution in [0.15, 0.2) is 66.3 Å². The van der Waals surface area contributed by atoms with Crippen molar-refractivity contribution in [3.05, 3.63) is 101 Å². The molecule has 1 aliphatic rings. The second kappa shape index (κ2) is 12.2. The highest BCUT2D eigenvalue weighted by Crippen LogP contribution is 2.32. The topological polar surface area (TPSA) is 86.3 Å². The van der Waals surface area contributed by atoms with Crippen LogP contribution >= 0.6 is 0 Å². The molecule has 198 valence electrons. The monoisotopic (exact) mass is 526 g/mol. The van der Waals surface area contributed by atoms with Gasteiger partial charge in [-0.25, -0.2) is 9.82 Å². The van der Waals surface area contributed by atoms with E-state index in [0.717, 1.165) is 6.07 Å². The van der Waals surface area contributed by atoms with Gasteiger partial charge in [-0.2, -0.15) is 18.3 Å². The zero-order valence-electron chi connectivity index (χ0n) is 20.7. The van der Waals surface area contributed by atoms with Gasteiger partial charge in [-0.1, -0.05) is 44.2 Å². The van der Waals surface area contributed by atoms with E-state index in [1.54, 1.807) is 18.2 Å². The number of nitrogens with zero attached hydrogens (tertiary/aromatic N) is 1. The van der Waals surface area contributed by atoms with Crippen LogP contribution in [0.25, 0.3) is 17.0 Å². The number of allylic oxidation sites excluding steroid dienone is 4. The summed E-state index contributed by atoms with van der Waals surface area (Å²) in [6.07, 6.45) is 6.48. The van der Waals surface area contributed by atoms with Gasteiger partial charge in [0.1, 0.15) is 5.82 Å². The summed E-state index contributed by atoms with van der Waals surface area (Å²) >= 11 is 0. The van der Waals surface area contributed by atoms with Crippen molar-refractivity contribution in [3.63, 3.8) is 0 Å². The smallest absolute Gasteiger partial charge is 0.354 e. The molecule has 2 amide bonds. The lowest BCUT2D eigenvalue weighted by Crippen LogP contribution is -2.24. The van der Waals surface area contributed by atoms with Crippen molar-refractivity contribution in [1.82, 2.24) is 15.7 Å². The third-order valence-electron chi connectivity index (χ3n) is 5.44. The number of nitrogens with one attached hydrogen (secondary N) is 3. The first-order valence-corrected chi connectivity index (χ1v) is 11.8. The summed E-state index contributed by atoms with van der Waals surface area (Å²) in [6.45, 7) is 7.37. The highest BCUT2D eigenvalue weighted by molar-refractivity contribution is 6.17. The van der Waals surface area contributed by atoms with Gasteiger partial charge in [0.25, 0.3) is 11.8 Å². The van der Waals surface area contributed by atoms with E-state index < -0.39 is 29.4 Å². The summed E-state index contributed by atoms with van der Waals surface area (Å²) in [5, 5.41) is 7.03. The van der Waals surface area contributed by atoms with E-state index >= 15 is 0 Å². The minimum absolute atomic E-state index is 0.0709. The van der Waals surface area contributed by atoms with E-state index in [0.29, 0.717) is 40.7 Å². The quantitative estimate of drug-likeness (QED) is 0.186. The summed E-state index contributed by atoms with van der Waals surface area (Å²) < 4.78 is 52.5. The Morgan fingerprint density at radius 1 is 1.16 bits per heavy atom. The van der Waals surface area contributed by atoms with Crippen LogP contribution < -0.4 is 10.7 Å². The van der Waals surface area contributed by atoms with E-state index in [2.05, 4.69) is 27.4 Å².